The Labute approximate surface area is 121 Å². The van der Waals surface area contributed by atoms with Gasteiger partial charge in [0.25, 0.3) is 5.91 Å². The molecular weight excluding hydrogens is 280 g/mol. The number of pyridine rings is 1. The van der Waals surface area contributed by atoms with Crippen molar-refractivity contribution >= 4 is 23.3 Å². The molecule has 0 unspecified atom stereocenters. The van der Waals surface area contributed by atoms with E-state index in [-0.39, 0.29) is 11.1 Å². The molecule has 0 saturated carbocycles. The van der Waals surface area contributed by atoms with Gasteiger partial charge in [0.1, 0.15) is 11.0 Å². The number of nitrogens with one attached hydrogen (secondary N) is 2. The van der Waals surface area contributed by atoms with Crippen molar-refractivity contribution in [2.24, 2.45) is 0 Å². The van der Waals surface area contributed by atoms with Gasteiger partial charge >= 0.3 is 0 Å². The van der Waals surface area contributed by atoms with Gasteiger partial charge in [0.2, 0.25) is 0 Å². The van der Waals surface area contributed by atoms with Crippen molar-refractivity contribution in [3.63, 3.8) is 0 Å². The highest BCUT2D eigenvalue weighted by Crippen LogP contribution is 2.13. The van der Waals surface area contributed by atoms with Gasteiger partial charge < -0.3 is 10.6 Å². The summed E-state index contributed by atoms with van der Waals surface area (Å²) in [6.07, 6.45) is 4.17. The second-order valence-electron chi connectivity index (χ2n) is 4.09. The molecule has 106 valence electrons. The minimum Gasteiger partial charge on any atom is -0.373 e. The standard InChI is InChI=1S/C12H15ClN6O/c1-14-11-8-9(7-10(13)17-11)12(20)15-3-2-5-19-6-4-16-18-19/h4,6-8H,2-3,5H2,1H3,(H,14,17)(H,15,20). The monoisotopic (exact) mass is 294 g/mol. The molecule has 0 bridgehead atoms. The van der Waals surface area contributed by atoms with Crippen LogP contribution >= 0.6 is 11.6 Å². The summed E-state index contributed by atoms with van der Waals surface area (Å²) in [5.74, 6) is 0.384. The zero-order chi connectivity index (χ0) is 14.4. The third kappa shape index (κ3) is 3.92. The SMILES string of the molecule is CNc1cc(C(=O)NCCCn2ccnn2)cc(Cl)n1. The first-order valence-electron chi connectivity index (χ1n) is 6.16. The maximum absolute atomic E-state index is 12.0. The quantitative estimate of drug-likeness (QED) is 0.617. The molecule has 2 rings (SSSR count). The maximum Gasteiger partial charge on any atom is 0.251 e. The van der Waals surface area contributed by atoms with Crippen LogP contribution in [0, 0.1) is 0 Å². The van der Waals surface area contributed by atoms with Crippen molar-refractivity contribution < 1.29 is 4.79 Å². The van der Waals surface area contributed by atoms with Gasteiger partial charge in [-0.1, -0.05) is 16.8 Å². The Morgan fingerprint density at radius 3 is 3.00 bits per heavy atom. The summed E-state index contributed by atoms with van der Waals surface area (Å²) in [6, 6.07) is 3.19. The summed E-state index contributed by atoms with van der Waals surface area (Å²) in [6.45, 7) is 1.26. The molecule has 0 aliphatic rings. The lowest BCUT2D eigenvalue weighted by Gasteiger charge is -2.07. The number of hydrogen-bond acceptors (Lipinski definition) is 5. The van der Waals surface area contributed by atoms with E-state index in [1.807, 2.05) is 0 Å². The minimum atomic E-state index is -0.176. The zero-order valence-electron chi connectivity index (χ0n) is 11.0. The number of amides is 1. The normalized spacial score (nSPS) is 10.3. The van der Waals surface area contributed by atoms with E-state index in [0.717, 1.165) is 6.42 Å². The van der Waals surface area contributed by atoms with E-state index in [4.69, 9.17) is 11.6 Å². The third-order valence-corrected chi connectivity index (χ3v) is 2.83. The van der Waals surface area contributed by atoms with E-state index < -0.39 is 0 Å². The molecule has 2 heterocycles. The van der Waals surface area contributed by atoms with Crippen molar-refractivity contribution in [2.45, 2.75) is 13.0 Å². The average molecular weight is 295 g/mol. The largest absolute Gasteiger partial charge is 0.373 e. The predicted octanol–water partition coefficient (Wildman–Crippen LogP) is 1.19. The number of nitrogens with zero attached hydrogens (tertiary/aromatic N) is 4. The molecule has 2 aromatic heterocycles. The molecule has 7 nitrogen and oxygen atoms in total. The van der Waals surface area contributed by atoms with Crippen LogP contribution in [0.3, 0.4) is 0 Å². The van der Waals surface area contributed by atoms with Gasteiger partial charge in [0.15, 0.2) is 0 Å². The molecule has 0 aliphatic carbocycles. The molecule has 0 spiro atoms. The Morgan fingerprint density at radius 2 is 2.30 bits per heavy atom. The third-order valence-electron chi connectivity index (χ3n) is 2.63. The lowest BCUT2D eigenvalue weighted by Crippen LogP contribution is -2.25. The molecule has 0 aliphatic heterocycles. The minimum absolute atomic E-state index is 0.176. The number of rotatable bonds is 6. The molecule has 0 atom stereocenters. The molecule has 0 fully saturated rings. The van der Waals surface area contributed by atoms with Gasteiger partial charge in [-0.15, -0.1) is 5.10 Å². The summed E-state index contributed by atoms with van der Waals surface area (Å²) in [5.41, 5.74) is 0.482. The molecule has 2 aromatic rings. The van der Waals surface area contributed by atoms with Crippen LogP contribution in [0.2, 0.25) is 5.15 Å². The molecule has 20 heavy (non-hydrogen) atoms. The van der Waals surface area contributed by atoms with Crippen LogP contribution in [-0.2, 0) is 6.54 Å². The van der Waals surface area contributed by atoms with Crippen molar-refractivity contribution in [2.75, 3.05) is 18.9 Å². The number of carbonyl (C=O) groups excluding carboxylic acids is 1. The number of anilines is 1. The fourth-order valence-electron chi connectivity index (χ4n) is 1.65. The molecule has 8 heteroatoms. The van der Waals surface area contributed by atoms with Crippen LogP contribution in [0.5, 0.6) is 0 Å². The molecule has 0 aromatic carbocycles. The van der Waals surface area contributed by atoms with Crippen LogP contribution in [-0.4, -0.2) is 39.5 Å². The summed E-state index contributed by atoms with van der Waals surface area (Å²) in [5, 5.41) is 13.5. The lowest BCUT2D eigenvalue weighted by atomic mass is 10.2. The Hall–Kier alpha value is -2.15. The van der Waals surface area contributed by atoms with Crippen LogP contribution in [0.15, 0.2) is 24.5 Å². The van der Waals surface area contributed by atoms with Crippen molar-refractivity contribution in [3.8, 4) is 0 Å². The van der Waals surface area contributed by atoms with Gasteiger partial charge in [0, 0.05) is 31.9 Å². The number of aryl methyl sites for hydroxylation is 1. The Balaban J connectivity index is 1.83. The Kier molecular flexibility index (Phi) is 4.89. The zero-order valence-corrected chi connectivity index (χ0v) is 11.8. The second-order valence-corrected chi connectivity index (χ2v) is 4.48. The fourth-order valence-corrected chi connectivity index (χ4v) is 1.86. The average Bonchev–Trinajstić information content (AvgIpc) is 2.95. The van der Waals surface area contributed by atoms with E-state index >= 15 is 0 Å². The molecule has 0 saturated heterocycles. The summed E-state index contributed by atoms with van der Waals surface area (Å²) >= 11 is 5.85. The Morgan fingerprint density at radius 1 is 1.45 bits per heavy atom. The van der Waals surface area contributed by atoms with Crippen molar-refractivity contribution in [3.05, 3.63) is 35.2 Å². The van der Waals surface area contributed by atoms with Crippen LogP contribution in [0.4, 0.5) is 5.82 Å². The number of carbonyl (C=O) groups is 1. The smallest absolute Gasteiger partial charge is 0.251 e. The highest BCUT2D eigenvalue weighted by atomic mass is 35.5. The van der Waals surface area contributed by atoms with Crippen LogP contribution in [0.1, 0.15) is 16.8 Å². The first-order valence-corrected chi connectivity index (χ1v) is 6.54. The summed E-state index contributed by atoms with van der Waals surface area (Å²) in [7, 11) is 1.72. The second kappa shape index (κ2) is 6.85. The highest BCUT2D eigenvalue weighted by Gasteiger charge is 2.08. The topological polar surface area (TPSA) is 84.7 Å². The lowest BCUT2D eigenvalue weighted by molar-refractivity contribution is 0.0952. The van der Waals surface area contributed by atoms with Gasteiger partial charge in [-0.25, -0.2) is 4.98 Å². The van der Waals surface area contributed by atoms with Crippen molar-refractivity contribution in [1.29, 1.82) is 0 Å². The van der Waals surface area contributed by atoms with Crippen LogP contribution in [0.25, 0.3) is 0 Å². The van der Waals surface area contributed by atoms with E-state index in [2.05, 4.69) is 25.9 Å². The maximum atomic E-state index is 12.0. The summed E-state index contributed by atoms with van der Waals surface area (Å²) in [4.78, 5) is 16.0. The fraction of sp³-hybridized carbons (Fsp3) is 0.333. The first-order chi connectivity index (χ1) is 9.69. The van der Waals surface area contributed by atoms with Gasteiger partial charge in [-0.3, -0.25) is 9.48 Å². The number of hydrogen-bond donors (Lipinski definition) is 2. The highest BCUT2D eigenvalue weighted by molar-refractivity contribution is 6.29. The van der Waals surface area contributed by atoms with Crippen molar-refractivity contribution in [1.82, 2.24) is 25.3 Å². The molecular formula is C12H15ClN6O. The molecule has 1 amide bonds. The van der Waals surface area contributed by atoms with Gasteiger partial charge in [0.05, 0.1) is 6.20 Å². The van der Waals surface area contributed by atoms with Gasteiger partial charge in [-0.05, 0) is 18.6 Å². The van der Waals surface area contributed by atoms with Gasteiger partial charge in [-0.2, -0.15) is 0 Å². The first kappa shape index (κ1) is 14.3. The van der Waals surface area contributed by atoms with Crippen LogP contribution < -0.4 is 10.6 Å². The number of aromatic nitrogens is 4. The van der Waals surface area contributed by atoms with E-state index in [1.165, 1.54) is 6.07 Å². The molecule has 0 radical (unpaired) electrons. The Bertz CT molecular complexity index is 571. The van der Waals surface area contributed by atoms with E-state index in [0.29, 0.717) is 24.5 Å². The number of halogens is 1. The summed E-state index contributed by atoms with van der Waals surface area (Å²) < 4.78 is 1.72. The van der Waals surface area contributed by atoms with E-state index in [9.17, 15) is 4.79 Å². The predicted molar refractivity (Wildman–Crippen MR) is 75.8 cm³/mol. The van der Waals surface area contributed by atoms with E-state index in [1.54, 1.807) is 30.2 Å². The molecule has 2 N–H and O–H groups in total.